The van der Waals surface area contributed by atoms with Gasteiger partial charge in [0.25, 0.3) is 6.01 Å². The van der Waals surface area contributed by atoms with Gasteiger partial charge in [-0.3, -0.25) is 0 Å². The number of aromatic nitrogens is 1. The van der Waals surface area contributed by atoms with Gasteiger partial charge in [-0.25, -0.2) is 0 Å². The molecule has 0 radical (unpaired) electrons. The molecule has 0 unspecified atom stereocenters. The van der Waals surface area contributed by atoms with Gasteiger partial charge in [0.2, 0.25) is 0 Å². The van der Waals surface area contributed by atoms with E-state index in [4.69, 9.17) is 4.42 Å². The molecular formula is C15H19N3O. The summed E-state index contributed by atoms with van der Waals surface area (Å²) in [5.41, 5.74) is 3.10. The normalized spacial score (nSPS) is 26.9. The van der Waals surface area contributed by atoms with Gasteiger partial charge in [0.05, 0.1) is 0 Å². The van der Waals surface area contributed by atoms with Crippen LogP contribution in [0.1, 0.15) is 18.4 Å². The molecule has 4 heteroatoms. The lowest BCUT2D eigenvalue weighted by Crippen LogP contribution is -2.38. The van der Waals surface area contributed by atoms with Crippen molar-refractivity contribution in [1.82, 2.24) is 9.88 Å². The number of aryl methyl sites for hydroxylation is 1. The molecule has 0 spiro atoms. The van der Waals surface area contributed by atoms with Crippen molar-refractivity contribution in [1.29, 1.82) is 0 Å². The van der Waals surface area contributed by atoms with Crippen LogP contribution in [0.4, 0.5) is 6.01 Å². The summed E-state index contributed by atoms with van der Waals surface area (Å²) in [5.74, 6) is 0. The molecule has 2 aromatic rings. The second-order valence-electron chi connectivity index (χ2n) is 5.73. The predicted molar refractivity (Wildman–Crippen MR) is 75.6 cm³/mol. The summed E-state index contributed by atoms with van der Waals surface area (Å²) < 4.78 is 5.99. The van der Waals surface area contributed by atoms with Crippen LogP contribution in [-0.4, -0.2) is 42.1 Å². The maximum atomic E-state index is 5.99. The third kappa shape index (κ3) is 1.91. The topological polar surface area (TPSA) is 32.5 Å². The first-order valence-electron chi connectivity index (χ1n) is 7.16. The molecule has 4 heterocycles. The summed E-state index contributed by atoms with van der Waals surface area (Å²) in [5, 5.41) is 0. The van der Waals surface area contributed by atoms with E-state index in [-0.39, 0.29) is 0 Å². The lowest BCUT2D eigenvalue weighted by atomic mass is 10.1. The number of nitrogens with zero attached hydrogens (tertiary/aromatic N) is 3. The van der Waals surface area contributed by atoms with E-state index in [1.54, 1.807) is 0 Å². The molecule has 3 saturated heterocycles. The van der Waals surface area contributed by atoms with Gasteiger partial charge >= 0.3 is 0 Å². The largest absolute Gasteiger partial charge is 0.423 e. The zero-order valence-corrected chi connectivity index (χ0v) is 11.3. The quantitative estimate of drug-likeness (QED) is 0.785. The minimum absolute atomic E-state index is 0.605. The summed E-state index contributed by atoms with van der Waals surface area (Å²) in [6, 6.07) is 7.64. The van der Waals surface area contributed by atoms with Crippen molar-refractivity contribution in [3.05, 3.63) is 23.8 Å². The average molecular weight is 257 g/mol. The van der Waals surface area contributed by atoms with Crippen LogP contribution in [0, 0.1) is 6.92 Å². The Balaban J connectivity index is 1.72. The highest BCUT2D eigenvalue weighted by atomic mass is 16.4. The van der Waals surface area contributed by atoms with E-state index in [1.165, 1.54) is 31.5 Å². The lowest BCUT2D eigenvalue weighted by Gasteiger charge is -2.30. The van der Waals surface area contributed by atoms with Crippen LogP contribution in [0.3, 0.4) is 0 Å². The van der Waals surface area contributed by atoms with Gasteiger partial charge in [-0.2, -0.15) is 4.98 Å². The number of hydrogen-bond donors (Lipinski definition) is 0. The molecule has 0 amide bonds. The van der Waals surface area contributed by atoms with Crippen LogP contribution in [-0.2, 0) is 0 Å². The fourth-order valence-electron chi connectivity index (χ4n) is 3.28. The van der Waals surface area contributed by atoms with Crippen molar-refractivity contribution in [3.8, 4) is 0 Å². The Hall–Kier alpha value is -1.55. The highest BCUT2D eigenvalue weighted by molar-refractivity contribution is 5.75. The maximum absolute atomic E-state index is 5.99. The van der Waals surface area contributed by atoms with Crippen molar-refractivity contribution >= 4 is 17.1 Å². The predicted octanol–water partition coefficient (Wildman–Crippen LogP) is 2.42. The maximum Gasteiger partial charge on any atom is 0.298 e. The third-order valence-electron chi connectivity index (χ3n) is 4.43. The number of fused-ring (bicyclic) bond motifs is 5. The van der Waals surface area contributed by atoms with E-state index in [2.05, 4.69) is 39.9 Å². The summed E-state index contributed by atoms with van der Waals surface area (Å²) >= 11 is 0. The van der Waals surface area contributed by atoms with E-state index in [1.807, 2.05) is 0 Å². The van der Waals surface area contributed by atoms with Gasteiger partial charge in [0, 0.05) is 32.2 Å². The number of benzene rings is 1. The van der Waals surface area contributed by atoms with Crippen LogP contribution in [0.25, 0.3) is 11.1 Å². The summed E-state index contributed by atoms with van der Waals surface area (Å²) in [7, 11) is 0. The van der Waals surface area contributed by atoms with Crippen molar-refractivity contribution in [2.75, 3.05) is 31.1 Å². The molecule has 0 atom stereocenters. The molecule has 19 heavy (non-hydrogen) atoms. The van der Waals surface area contributed by atoms with Crippen molar-refractivity contribution in [2.45, 2.75) is 25.8 Å². The average Bonchev–Trinajstić information content (AvgIpc) is 2.61. The third-order valence-corrected chi connectivity index (χ3v) is 4.43. The minimum atomic E-state index is 0.605. The molecule has 1 aromatic carbocycles. The first-order chi connectivity index (χ1) is 9.29. The summed E-state index contributed by atoms with van der Waals surface area (Å²) in [6.07, 6.45) is 2.47. The van der Waals surface area contributed by atoms with Crippen LogP contribution in [0.15, 0.2) is 22.6 Å². The molecule has 1 aromatic heterocycles. The van der Waals surface area contributed by atoms with Crippen LogP contribution in [0.5, 0.6) is 0 Å². The highest BCUT2D eigenvalue weighted by Crippen LogP contribution is 2.29. The second-order valence-corrected chi connectivity index (χ2v) is 5.73. The van der Waals surface area contributed by atoms with Gasteiger partial charge in [-0.05, 0) is 37.5 Å². The Kier molecular flexibility index (Phi) is 2.52. The number of anilines is 1. The Labute approximate surface area is 113 Å². The van der Waals surface area contributed by atoms with Gasteiger partial charge in [0.1, 0.15) is 5.52 Å². The Bertz CT molecular complexity index is 598. The molecule has 3 aliphatic heterocycles. The lowest BCUT2D eigenvalue weighted by molar-refractivity contribution is 0.249. The Morgan fingerprint density at radius 1 is 1.16 bits per heavy atom. The van der Waals surface area contributed by atoms with Gasteiger partial charge < -0.3 is 14.2 Å². The molecule has 4 nitrogen and oxygen atoms in total. The van der Waals surface area contributed by atoms with Gasteiger partial charge in [0.15, 0.2) is 5.58 Å². The monoisotopic (exact) mass is 257 g/mol. The van der Waals surface area contributed by atoms with E-state index in [0.29, 0.717) is 6.04 Å². The Morgan fingerprint density at radius 2 is 2.00 bits per heavy atom. The van der Waals surface area contributed by atoms with Crippen LogP contribution < -0.4 is 4.90 Å². The fraction of sp³-hybridized carbons (Fsp3) is 0.533. The van der Waals surface area contributed by atoms with Crippen LogP contribution >= 0.6 is 0 Å². The number of rotatable bonds is 1. The molecule has 0 saturated carbocycles. The molecule has 0 aliphatic carbocycles. The molecule has 3 fully saturated rings. The van der Waals surface area contributed by atoms with Crippen molar-refractivity contribution in [2.24, 2.45) is 0 Å². The smallest absolute Gasteiger partial charge is 0.298 e. The van der Waals surface area contributed by atoms with E-state index >= 15 is 0 Å². The van der Waals surface area contributed by atoms with Gasteiger partial charge in [-0.15, -0.1) is 0 Å². The highest BCUT2D eigenvalue weighted by Gasteiger charge is 2.31. The zero-order chi connectivity index (χ0) is 12.8. The number of piperidine rings is 1. The van der Waals surface area contributed by atoms with E-state index in [0.717, 1.165) is 30.2 Å². The molecule has 100 valence electrons. The van der Waals surface area contributed by atoms with E-state index < -0.39 is 0 Å². The second kappa shape index (κ2) is 4.23. The molecular weight excluding hydrogens is 238 g/mol. The summed E-state index contributed by atoms with van der Waals surface area (Å²) in [4.78, 5) is 9.60. The standard InChI is InChI=1S/C15H19N3O/c1-11-2-3-13-14(10-11)19-15(16-13)18-9-8-17-6-4-12(18)5-7-17/h2-3,10,12H,4-9H2,1H3. The summed E-state index contributed by atoms with van der Waals surface area (Å²) in [6.45, 7) is 6.70. The van der Waals surface area contributed by atoms with Crippen molar-refractivity contribution in [3.63, 3.8) is 0 Å². The van der Waals surface area contributed by atoms with Gasteiger partial charge in [-0.1, -0.05) is 6.07 Å². The first kappa shape index (κ1) is 11.3. The molecule has 5 rings (SSSR count). The molecule has 2 bridgehead atoms. The number of hydrogen-bond acceptors (Lipinski definition) is 4. The van der Waals surface area contributed by atoms with Crippen LogP contribution in [0.2, 0.25) is 0 Å². The fourth-order valence-corrected chi connectivity index (χ4v) is 3.28. The Morgan fingerprint density at radius 3 is 2.84 bits per heavy atom. The number of oxazole rings is 1. The molecule has 3 aliphatic rings. The zero-order valence-electron chi connectivity index (χ0n) is 11.3. The molecule has 0 N–H and O–H groups in total. The first-order valence-corrected chi connectivity index (χ1v) is 7.16. The van der Waals surface area contributed by atoms with E-state index in [9.17, 15) is 0 Å². The van der Waals surface area contributed by atoms with Crippen molar-refractivity contribution < 1.29 is 4.42 Å². The SMILES string of the molecule is Cc1ccc2nc(N3CCN4CCC3CC4)oc2c1. The minimum Gasteiger partial charge on any atom is -0.423 e.